The van der Waals surface area contributed by atoms with Crippen molar-refractivity contribution in [2.24, 2.45) is 0 Å². The summed E-state index contributed by atoms with van der Waals surface area (Å²) in [5.74, 6) is 1.17. The second-order valence-electron chi connectivity index (χ2n) is 8.51. The van der Waals surface area contributed by atoms with Gasteiger partial charge in [-0.3, -0.25) is 9.78 Å². The lowest BCUT2D eigenvalue weighted by Crippen LogP contribution is -2.63. The van der Waals surface area contributed by atoms with Crippen molar-refractivity contribution in [3.8, 4) is 6.07 Å². The van der Waals surface area contributed by atoms with Gasteiger partial charge >= 0.3 is 0 Å². The van der Waals surface area contributed by atoms with Crippen LogP contribution in [0.1, 0.15) is 36.4 Å². The zero-order chi connectivity index (χ0) is 21.0. The monoisotopic (exact) mass is 414 g/mol. The van der Waals surface area contributed by atoms with Gasteiger partial charge in [0.1, 0.15) is 5.54 Å². The standard InChI is InChI=1S/C21H22N10/c1-14-17(10-23-27-14)25-20-26-19-18(3-2-8-30(19)28-20)29-12-21(13-29,6-7-22)31-11-16(9-24-31)15-4-5-15/h2-3,8-11,15H,4-6,12-13H2,1H3,(H,23,27)(H,25,28). The Morgan fingerprint density at radius 2 is 2.23 bits per heavy atom. The Kier molecular flexibility index (Phi) is 3.80. The van der Waals surface area contributed by atoms with Crippen LogP contribution in [0.25, 0.3) is 5.65 Å². The third-order valence-corrected chi connectivity index (χ3v) is 6.28. The molecule has 0 spiro atoms. The maximum Gasteiger partial charge on any atom is 0.247 e. The number of rotatable bonds is 6. The molecule has 1 aliphatic carbocycles. The highest BCUT2D eigenvalue weighted by molar-refractivity contribution is 5.72. The molecule has 0 bridgehead atoms. The molecular weight excluding hydrogens is 392 g/mol. The quantitative estimate of drug-likeness (QED) is 0.498. The van der Waals surface area contributed by atoms with E-state index in [4.69, 9.17) is 4.98 Å². The number of fused-ring (bicyclic) bond motifs is 1. The van der Waals surface area contributed by atoms with Crippen LogP contribution in [0.15, 0.2) is 36.9 Å². The van der Waals surface area contributed by atoms with Gasteiger partial charge in [0.15, 0.2) is 5.65 Å². The number of hydrogen-bond acceptors (Lipinski definition) is 7. The van der Waals surface area contributed by atoms with E-state index >= 15 is 0 Å². The molecule has 0 unspecified atom stereocenters. The Labute approximate surface area is 178 Å². The summed E-state index contributed by atoms with van der Waals surface area (Å²) in [7, 11) is 0. The van der Waals surface area contributed by atoms with Crippen LogP contribution in [0.3, 0.4) is 0 Å². The number of aromatic nitrogens is 7. The van der Waals surface area contributed by atoms with Gasteiger partial charge in [-0.25, -0.2) is 4.52 Å². The third kappa shape index (κ3) is 2.92. The van der Waals surface area contributed by atoms with Gasteiger partial charge in [-0.15, -0.1) is 5.10 Å². The highest BCUT2D eigenvalue weighted by Gasteiger charge is 2.46. The number of H-pyrrole nitrogens is 1. The van der Waals surface area contributed by atoms with Crippen molar-refractivity contribution in [1.82, 2.24) is 34.6 Å². The first-order valence-corrected chi connectivity index (χ1v) is 10.4. The third-order valence-electron chi connectivity index (χ3n) is 6.28. The van der Waals surface area contributed by atoms with E-state index in [1.54, 1.807) is 10.7 Å². The summed E-state index contributed by atoms with van der Waals surface area (Å²) in [6.07, 6.45) is 10.7. The highest BCUT2D eigenvalue weighted by Crippen LogP contribution is 2.42. The average molecular weight is 414 g/mol. The van der Waals surface area contributed by atoms with Crippen LogP contribution < -0.4 is 10.2 Å². The van der Waals surface area contributed by atoms with Crippen LogP contribution in [0.5, 0.6) is 0 Å². The summed E-state index contributed by atoms with van der Waals surface area (Å²) in [5.41, 5.74) is 4.46. The molecule has 0 radical (unpaired) electrons. The molecule has 6 rings (SSSR count). The Hall–Kier alpha value is -3.87. The van der Waals surface area contributed by atoms with Crippen LogP contribution in [0.2, 0.25) is 0 Å². The van der Waals surface area contributed by atoms with Crippen molar-refractivity contribution in [2.75, 3.05) is 23.3 Å². The molecule has 31 heavy (non-hydrogen) atoms. The summed E-state index contributed by atoms with van der Waals surface area (Å²) >= 11 is 0. The topological polar surface area (TPSA) is 116 Å². The van der Waals surface area contributed by atoms with E-state index in [0.717, 1.165) is 22.7 Å². The van der Waals surface area contributed by atoms with Gasteiger partial charge in [0.05, 0.1) is 35.8 Å². The van der Waals surface area contributed by atoms with Gasteiger partial charge < -0.3 is 10.2 Å². The second kappa shape index (κ2) is 6.57. The highest BCUT2D eigenvalue weighted by atomic mass is 15.4. The molecule has 2 N–H and O–H groups in total. The first-order chi connectivity index (χ1) is 15.1. The number of nitriles is 1. The van der Waals surface area contributed by atoms with Gasteiger partial charge in [-0.05, 0) is 43.4 Å². The zero-order valence-electron chi connectivity index (χ0n) is 17.2. The first-order valence-electron chi connectivity index (χ1n) is 10.4. The van der Waals surface area contributed by atoms with Crippen molar-refractivity contribution in [3.63, 3.8) is 0 Å². The van der Waals surface area contributed by atoms with Crippen molar-refractivity contribution in [3.05, 3.63) is 48.2 Å². The molecule has 1 saturated heterocycles. The van der Waals surface area contributed by atoms with Crippen LogP contribution in [0, 0.1) is 18.3 Å². The zero-order valence-corrected chi connectivity index (χ0v) is 17.2. The molecule has 10 heteroatoms. The van der Waals surface area contributed by atoms with Gasteiger partial charge in [-0.1, -0.05) is 0 Å². The molecule has 4 aromatic heterocycles. The predicted octanol–water partition coefficient (Wildman–Crippen LogP) is 2.71. The van der Waals surface area contributed by atoms with Crippen LogP contribution in [-0.2, 0) is 5.54 Å². The molecule has 0 atom stereocenters. The first kappa shape index (κ1) is 17.9. The Bertz CT molecular complexity index is 1300. The fraction of sp³-hybridized carbons (Fsp3) is 0.381. The lowest BCUT2D eigenvalue weighted by molar-refractivity contribution is 0.198. The molecule has 1 aliphatic heterocycles. The average Bonchev–Trinajstić information content (AvgIpc) is 3.12. The lowest BCUT2D eigenvalue weighted by Gasteiger charge is -2.50. The Morgan fingerprint density at radius 3 is 2.97 bits per heavy atom. The SMILES string of the molecule is Cc1n[nH]cc1Nc1nc2c(N3CC(CC#N)(n4cc(C5CC5)cn4)C3)cccn2n1. The smallest absolute Gasteiger partial charge is 0.247 e. The minimum Gasteiger partial charge on any atom is -0.363 e. The van der Waals surface area contributed by atoms with Crippen LogP contribution >= 0.6 is 0 Å². The molecular formula is C21H22N10. The molecule has 2 fully saturated rings. The number of nitrogens with one attached hydrogen (secondary N) is 2. The van der Waals surface area contributed by atoms with Crippen molar-refractivity contribution in [1.29, 1.82) is 5.26 Å². The van der Waals surface area contributed by atoms with Crippen molar-refractivity contribution < 1.29 is 0 Å². The summed E-state index contributed by atoms with van der Waals surface area (Å²) in [6.45, 7) is 3.34. The maximum absolute atomic E-state index is 9.48. The van der Waals surface area contributed by atoms with Crippen LogP contribution in [-0.4, -0.2) is 47.7 Å². The van der Waals surface area contributed by atoms with Crippen molar-refractivity contribution >= 4 is 23.0 Å². The van der Waals surface area contributed by atoms with E-state index in [-0.39, 0.29) is 5.54 Å². The number of nitrogens with zero attached hydrogens (tertiary/aromatic N) is 8. The van der Waals surface area contributed by atoms with E-state index in [1.165, 1.54) is 18.4 Å². The van der Waals surface area contributed by atoms with E-state index < -0.39 is 0 Å². The van der Waals surface area contributed by atoms with Crippen LogP contribution in [0.4, 0.5) is 17.3 Å². The minimum atomic E-state index is -0.302. The summed E-state index contributed by atoms with van der Waals surface area (Å²) in [6, 6.07) is 6.38. The molecule has 10 nitrogen and oxygen atoms in total. The van der Waals surface area contributed by atoms with E-state index in [9.17, 15) is 5.26 Å². The summed E-state index contributed by atoms with van der Waals surface area (Å²) in [5, 5.41) is 28.8. The minimum absolute atomic E-state index is 0.302. The fourth-order valence-corrected chi connectivity index (χ4v) is 4.34. The number of hydrogen-bond donors (Lipinski definition) is 2. The molecule has 2 aliphatic rings. The normalized spacial score (nSPS) is 17.5. The lowest BCUT2D eigenvalue weighted by atomic mass is 9.86. The maximum atomic E-state index is 9.48. The van der Waals surface area contributed by atoms with E-state index in [1.807, 2.05) is 36.1 Å². The number of pyridine rings is 1. The molecule has 1 saturated carbocycles. The second-order valence-corrected chi connectivity index (χ2v) is 8.51. The summed E-state index contributed by atoms with van der Waals surface area (Å²) in [4.78, 5) is 6.95. The Morgan fingerprint density at radius 1 is 1.35 bits per heavy atom. The predicted molar refractivity (Wildman–Crippen MR) is 114 cm³/mol. The molecule has 5 heterocycles. The van der Waals surface area contributed by atoms with Crippen molar-refractivity contribution in [2.45, 2.75) is 37.6 Å². The summed E-state index contributed by atoms with van der Waals surface area (Å²) < 4.78 is 3.79. The Balaban J connectivity index is 1.28. The number of aryl methyl sites for hydroxylation is 1. The molecule has 0 aromatic carbocycles. The molecule has 0 amide bonds. The van der Waals surface area contributed by atoms with Gasteiger partial charge in [0.25, 0.3) is 0 Å². The van der Waals surface area contributed by atoms with Gasteiger partial charge in [0, 0.05) is 31.7 Å². The fourth-order valence-electron chi connectivity index (χ4n) is 4.34. The van der Waals surface area contributed by atoms with Gasteiger partial charge in [0.2, 0.25) is 5.95 Å². The molecule has 156 valence electrons. The largest absolute Gasteiger partial charge is 0.363 e. The van der Waals surface area contributed by atoms with E-state index in [2.05, 4.69) is 42.9 Å². The molecule has 4 aromatic rings. The van der Waals surface area contributed by atoms with Gasteiger partial charge in [-0.2, -0.15) is 20.4 Å². The number of anilines is 3. The van der Waals surface area contributed by atoms with E-state index in [0.29, 0.717) is 31.4 Å². The number of aromatic amines is 1.